The molecule has 0 radical (unpaired) electrons. The van der Waals surface area contributed by atoms with Gasteiger partial charge in [0.05, 0.1) is 6.04 Å². The van der Waals surface area contributed by atoms with Crippen LogP contribution in [0.4, 0.5) is 0 Å². The Morgan fingerprint density at radius 1 is 1.35 bits per heavy atom. The summed E-state index contributed by atoms with van der Waals surface area (Å²) in [5, 5.41) is 0.665. The Kier molecular flexibility index (Phi) is 4.82. The number of hydrogen-bond donors (Lipinski definition) is 0. The average molecular weight is 331 g/mol. The Morgan fingerprint density at radius 2 is 2.13 bits per heavy atom. The number of carbonyl (C=O) groups excluding carboxylic acids is 1. The number of aryl methyl sites for hydroxylation is 1. The summed E-state index contributed by atoms with van der Waals surface area (Å²) in [6.45, 7) is 2.74. The van der Waals surface area contributed by atoms with E-state index in [2.05, 4.69) is 4.98 Å². The fourth-order valence-electron chi connectivity index (χ4n) is 2.99. The number of hydrogen-bond acceptors (Lipinski definition) is 3. The number of amides is 1. The minimum absolute atomic E-state index is 0.0127. The molecule has 4 nitrogen and oxygen atoms in total. The van der Waals surface area contributed by atoms with Gasteiger partial charge >= 0.3 is 0 Å². The van der Waals surface area contributed by atoms with Crippen LogP contribution in [-0.2, 0) is 4.79 Å². The summed E-state index contributed by atoms with van der Waals surface area (Å²) in [5.41, 5.74) is 2.06. The topological polar surface area (TPSA) is 42.4 Å². The van der Waals surface area contributed by atoms with Crippen LogP contribution in [0.25, 0.3) is 0 Å². The second-order valence-electron chi connectivity index (χ2n) is 5.72. The Labute approximate surface area is 141 Å². The normalized spacial score (nSPS) is 17.3. The first-order valence-electron chi connectivity index (χ1n) is 7.73. The van der Waals surface area contributed by atoms with E-state index in [9.17, 15) is 4.79 Å². The van der Waals surface area contributed by atoms with E-state index in [0.29, 0.717) is 10.8 Å². The first-order chi connectivity index (χ1) is 11.1. The largest absolute Gasteiger partial charge is 0.483 e. The molecule has 2 aromatic rings. The monoisotopic (exact) mass is 330 g/mol. The number of rotatable bonds is 4. The van der Waals surface area contributed by atoms with Crippen molar-refractivity contribution in [3.05, 3.63) is 58.9 Å². The Hall–Kier alpha value is -2.07. The summed E-state index contributed by atoms with van der Waals surface area (Å²) in [5.74, 6) is 0.709. The van der Waals surface area contributed by atoms with Gasteiger partial charge in [0.1, 0.15) is 5.75 Å². The molecule has 1 aromatic carbocycles. The molecule has 0 bridgehead atoms. The van der Waals surface area contributed by atoms with Crippen LogP contribution in [0.3, 0.4) is 0 Å². The van der Waals surface area contributed by atoms with E-state index in [1.807, 2.05) is 30.0 Å². The van der Waals surface area contributed by atoms with E-state index in [-0.39, 0.29) is 18.6 Å². The predicted octanol–water partition coefficient (Wildman–Crippen LogP) is 3.79. The number of aromatic nitrogens is 1. The van der Waals surface area contributed by atoms with Crippen LogP contribution in [0.1, 0.15) is 30.0 Å². The lowest BCUT2D eigenvalue weighted by atomic mass is 10.1. The number of pyridine rings is 1. The first kappa shape index (κ1) is 15.8. The number of likely N-dealkylation sites (tertiary alicyclic amines) is 1. The molecule has 0 aliphatic carbocycles. The van der Waals surface area contributed by atoms with Crippen molar-refractivity contribution in [2.75, 3.05) is 13.2 Å². The average Bonchev–Trinajstić information content (AvgIpc) is 3.04. The zero-order chi connectivity index (χ0) is 16.2. The van der Waals surface area contributed by atoms with Crippen LogP contribution in [0.2, 0.25) is 5.02 Å². The van der Waals surface area contributed by atoms with E-state index < -0.39 is 0 Å². The van der Waals surface area contributed by atoms with E-state index in [1.54, 1.807) is 24.5 Å². The lowest BCUT2D eigenvalue weighted by Crippen LogP contribution is -2.34. The van der Waals surface area contributed by atoms with Crippen LogP contribution in [0.15, 0.2) is 42.7 Å². The molecular weight excluding hydrogens is 312 g/mol. The maximum absolute atomic E-state index is 12.5. The van der Waals surface area contributed by atoms with Gasteiger partial charge in [-0.15, -0.1) is 0 Å². The molecular formula is C18H19ClN2O2. The van der Waals surface area contributed by atoms with Crippen molar-refractivity contribution in [1.29, 1.82) is 0 Å². The quantitative estimate of drug-likeness (QED) is 0.856. The second kappa shape index (κ2) is 7.01. The summed E-state index contributed by atoms with van der Waals surface area (Å²) in [4.78, 5) is 18.5. The van der Waals surface area contributed by atoms with Gasteiger partial charge in [-0.3, -0.25) is 9.78 Å². The van der Waals surface area contributed by atoms with Gasteiger partial charge in [-0.25, -0.2) is 0 Å². The van der Waals surface area contributed by atoms with Crippen molar-refractivity contribution in [2.45, 2.75) is 25.8 Å². The fraction of sp³-hybridized carbons (Fsp3) is 0.333. The third kappa shape index (κ3) is 3.64. The minimum atomic E-state index is 0.0127. The molecule has 1 atom stereocenters. The number of benzene rings is 1. The predicted molar refractivity (Wildman–Crippen MR) is 89.6 cm³/mol. The van der Waals surface area contributed by atoms with E-state index in [4.69, 9.17) is 16.3 Å². The maximum atomic E-state index is 12.5. The Morgan fingerprint density at radius 3 is 2.87 bits per heavy atom. The van der Waals surface area contributed by atoms with Gasteiger partial charge in [0.25, 0.3) is 5.91 Å². The molecule has 5 heteroatoms. The first-order valence-corrected chi connectivity index (χ1v) is 8.11. The lowest BCUT2D eigenvalue weighted by molar-refractivity contribution is -0.134. The lowest BCUT2D eigenvalue weighted by Gasteiger charge is -2.25. The summed E-state index contributed by atoms with van der Waals surface area (Å²) in [7, 11) is 0. The van der Waals surface area contributed by atoms with Gasteiger partial charge < -0.3 is 9.64 Å². The highest BCUT2D eigenvalue weighted by Crippen LogP contribution is 2.31. The van der Waals surface area contributed by atoms with E-state index in [0.717, 1.165) is 30.5 Å². The second-order valence-corrected chi connectivity index (χ2v) is 6.16. The molecule has 1 aliphatic rings. The molecule has 23 heavy (non-hydrogen) atoms. The molecule has 0 saturated carbocycles. The van der Waals surface area contributed by atoms with Crippen molar-refractivity contribution >= 4 is 17.5 Å². The zero-order valence-electron chi connectivity index (χ0n) is 13.0. The Balaban J connectivity index is 1.65. The van der Waals surface area contributed by atoms with Crippen LogP contribution < -0.4 is 4.74 Å². The molecule has 1 saturated heterocycles. The third-order valence-corrected chi connectivity index (χ3v) is 4.39. The van der Waals surface area contributed by atoms with Crippen LogP contribution in [0, 0.1) is 6.92 Å². The van der Waals surface area contributed by atoms with Gasteiger partial charge in [-0.05, 0) is 61.2 Å². The van der Waals surface area contributed by atoms with Crippen LogP contribution in [0.5, 0.6) is 5.75 Å². The van der Waals surface area contributed by atoms with Gasteiger partial charge in [0.2, 0.25) is 0 Å². The number of halogens is 1. The van der Waals surface area contributed by atoms with Crippen LogP contribution >= 0.6 is 11.6 Å². The molecule has 1 fully saturated rings. The highest BCUT2D eigenvalue weighted by atomic mass is 35.5. The fourth-order valence-corrected chi connectivity index (χ4v) is 3.22. The summed E-state index contributed by atoms with van der Waals surface area (Å²) >= 11 is 5.93. The summed E-state index contributed by atoms with van der Waals surface area (Å²) < 4.78 is 5.69. The Bertz CT molecular complexity index is 691. The van der Waals surface area contributed by atoms with E-state index in [1.165, 1.54) is 0 Å². The highest BCUT2D eigenvalue weighted by molar-refractivity contribution is 6.30. The maximum Gasteiger partial charge on any atom is 0.261 e. The number of ether oxygens (including phenoxy) is 1. The summed E-state index contributed by atoms with van der Waals surface area (Å²) in [6.07, 6.45) is 5.53. The number of carbonyl (C=O) groups is 1. The van der Waals surface area contributed by atoms with Crippen molar-refractivity contribution in [3.8, 4) is 5.75 Å². The molecule has 120 valence electrons. The zero-order valence-corrected chi connectivity index (χ0v) is 13.8. The van der Waals surface area contributed by atoms with Gasteiger partial charge in [0.15, 0.2) is 6.61 Å². The van der Waals surface area contributed by atoms with E-state index >= 15 is 0 Å². The van der Waals surface area contributed by atoms with Crippen LogP contribution in [-0.4, -0.2) is 28.9 Å². The SMILES string of the molecule is Cc1cc(Cl)ccc1OCC(=O)N1CCC[C@@H]1c1ccncc1. The smallest absolute Gasteiger partial charge is 0.261 e. The summed E-state index contributed by atoms with van der Waals surface area (Å²) in [6, 6.07) is 9.47. The van der Waals surface area contributed by atoms with Crippen molar-refractivity contribution < 1.29 is 9.53 Å². The van der Waals surface area contributed by atoms with Crippen molar-refractivity contribution in [3.63, 3.8) is 0 Å². The minimum Gasteiger partial charge on any atom is -0.483 e. The molecule has 0 spiro atoms. The molecule has 2 heterocycles. The molecule has 3 rings (SSSR count). The third-order valence-electron chi connectivity index (χ3n) is 4.15. The molecule has 1 aromatic heterocycles. The number of nitrogens with zero attached hydrogens (tertiary/aromatic N) is 2. The van der Waals surface area contributed by atoms with Crippen molar-refractivity contribution in [2.24, 2.45) is 0 Å². The van der Waals surface area contributed by atoms with Gasteiger partial charge in [0, 0.05) is 24.0 Å². The molecule has 0 unspecified atom stereocenters. The van der Waals surface area contributed by atoms with Gasteiger partial charge in [-0.1, -0.05) is 11.6 Å². The molecule has 0 N–H and O–H groups in total. The molecule has 1 amide bonds. The standard InChI is InChI=1S/C18H19ClN2O2/c1-13-11-15(19)4-5-17(13)23-12-18(22)21-10-2-3-16(21)14-6-8-20-9-7-14/h4-9,11,16H,2-3,10,12H2,1H3/t16-/m1/s1. The van der Waals surface area contributed by atoms with Gasteiger partial charge in [-0.2, -0.15) is 0 Å². The van der Waals surface area contributed by atoms with Crippen molar-refractivity contribution in [1.82, 2.24) is 9.88 Å². The molecule has 1 aliphatic heterocycles. The highest BCUT2D eigenvalue weighted by Gasteiger charge is 2.30.